The Balaban J connectivity index is 2.24. The van der Waals surface area contributed by atoms with E-state index in [-0.39, 0.29) is 5.69 Å². The molecule has 0 saturated carbocycles. The van der Waals surface area contributed by atoms with Gasteiger partial charge >= 0.3 is 0 Å². The van der Waals surface area contributed by atoms with Gasteiger partial charge in [0.25, 0.3) is 5.91 Å². The first-order valence-electron chi connectivity index (χ1n) is 5.73. The third-order valence-electron chi connectivity index (χ3n) is 2.58. The normalized spacial score (nSPS) is 14.9. The van der Waals surface area contributed by atoms with E-state index in [0.29, 0.717) is 23.0 Å². The van der Waals surface area contributed by atoms with Crippen molar-refractivity contribution < 1.29 is 9.53 Å². The van der Waals surface area contributed by atoms with E-state index in [0.717, 1.165) is 5.57 Å². The summed E-state index contributed by atoms with van der Waals surface area (Å²) in [6.45, 7) is 1.99. The van der Waals surface area contributed by atoms with Gasteiger partial charge in [-0.05, 0) is 19.1 Å². The van der Waals surface area contributed by atoms with Gasteiger partial charge in [-0.1, -0.05) is 29.3 Å². The maximum absolute atomic E-state index is 11.1. The van der Waals surface area contributed by atoms with Gasteiger partial charge in [-0.15, -0.1) is 0 Å². The quantitative estimate of drug-likeness (QED) is 0.923. The first kappa shape index (κ1) is 13.4. The van der Waals surface area contributed by atoms with Crippen LogP contribution in [0.2, 0.25) is 0 Å². The number of pyridine rings is 1. The summed E-state index contributed by atoms with van der Waals surface area (Å²) in [6.07, 6.45) is 7.81. The molecule has 1 aromatic heterocycles. The molecule has 0 bridgehead atoms. The molecule has 0 atom stereocenters. The highest BCUT2D eigenvalue weighted by atomic mass is 35.5. The second-order valence-electron chi connectivity index (χ2n) is 4.10. The van der Waals surface area contributed by atoms with Gasteiger partial charge in [-0.25, -0.2) is 0 Å². The predicted molar refractivity (Wildman–Crippen MR) is 73.8 cm³/mol. The van der Waals surface area contributed by atoms with Crippen LogP contribution in [-0.2, 0) is 0 Å². The molecule has 0 unspecified atom stereocenters. The Morgan fingerprint density at radius 3 is 3.00 bits per heavy atom. The van der Waals surface area contributed by atoms with E-state index in [1.165, 1.54) is 12.3 Å². The zero-order chi connectivity index (χ0) is 13.8. The molecule has 0 fully saturated rings. The average Bonchev–Trinajstić information content (AvgIpc) is 2.54. The van der Waals surface area contributed by atoms with Crippen LogP contribution in [0.5, 0.6) is 5.75 Å². The van der Waals surface area contributed by atoms with E-state index in [1.54, 1.807) is 12.1 Å². The van der Waals surface area contributed by atoms with Crippen molar-refractivity contribution in [2.45, 2.75) is 13.3 Å². The molecule has 98 valence electrons. The van der Waals surface area contributed by atoms with Gasteiger partial charge in [-0.2, -0.15) is 0 Å². The summed E-state index contributed by atoms with van der Waals surface area (Å²) < 4.78 is 5.67. The van der Waals surface area contributed by atoms with Gasteiger partial charge in [-0.3, -0.25) is 9.78 Å². The molecule has 1 heterocycles. The van der Waals surface area contributed by atoms with E-state index in [1.807, 2.05) is 19.1 Å². The number of rotatable bonds is 3. The van der Waals surface area contributed by atoms with Crippen molar-refractivity contribution in [3.63, 3.8) is 0 Å². The summed E-state index contributed by atoms with van der Waals surface area (Å²) in [4.78, 5) is 14.9. The number of aromatic nitrogens is 1. The number of nitrogens with zero attached hydrogens (tertiary/aromatic N) is 1. The van der Waals surface area contributed by atoms with E-state index >= 15 is 0 Å². The molecule has 0 spiro atoms. The van der Waals surface area contributed by atoms with Crippen LogP contribution in [0.1, 0.15) is 23.8 Å². The number of ether oxygens (including phenoxy) is 1. The highest BCUT2D eigenvalue weighted by Crippen LogP contribution is 2.24. The number of allylic oxidation sites excluding steroid dienone is 5. The molecule has 2 N–H and O–H groups in total. The van der Waals surface area contributed by atoms with Crippen molar-refractivity contribution in [1.29, 1.82) is 0 Å². The number of halogens is 1. The van der Waals surface area contributed by atoms with Crippen LogP contribution >= 0.6 is 11.6 Å². The fraction of sp³-hybridized carbons (Fsp3) is 0.143. The Morgan fingerprint density at radius 1 is 1.47 bits per heavy atom. The molecule has 1 aliphatic carbocycles. The third kappa shape index (κ3) is 3.45. The molecular formula is C14H13ClN2O2. The van der Waals surface area contributed by atoms with Gasteiger partial charge in [0.05, 0.1) is 5.03 Å². The number of hydrogen-bond acceptors (Lipinski definition) is 3. The van der Waals surface area contributed by atoms with Crippen molar-refractivity contribution in [1.82, 2.24) is 4.98 Å². The minimum atomic E-state index is -0.598. The van der Waals surface area contributed by atoms with E-state index in [2.05, 4.69) is 4.98 Å². The lowest BCUT2D eigenvalue weighted by Crippen LogP contribution is -2.12. The second-order valence-corrected chi connectivity index (χ2v) is 4.55. The summed E-state index contributed by atoms with van der Waals surface area (Å²) in [5, 5.41) is 0.602. The van der Waals surface area contributed by atoms with Crippen LogP contribution in [0.25, 0.3) is 0 Å². The standard InChI is InChI=1S/C14H13ClN2O2/c1-9-2-4-11(15)13(5-3-9)19-10-6-7-17-12(8-10)14(16)18/h2-3,5-8H,4H2,1H3,(H2,16,18). The van der Waals surface area contributed by atoms with Gasteiger partial charge in [0, 0.05) is 18.7 Å². The zero-order valence-electron chi connectivity index (χ0n) is 10.4. The van der Waals surface area contributed by atoms with Gasteiger partial charge < -0.3 is 10.5 Å². The highest BCUT2D eigenvalue weighted by molar-refractivity contribution is 6.30. The van der Waals surface area contributed by atoms with Crippen LogP contribution in [0.15, 0.2) is 52.9 Å². The maximum Gasteiger partial charge on any atom is 0.267 e. The van der Waals surface area contributed by atoms with Crippen molar-refractivity contribution >= 4 is 17.5 Å². The van der Waals surface area contributed by atoms with Crippen LogP contribution in [0.3, 0.4) is 0 Å². The number of hydrogen-bond donors (Lipinski definition) is 1. The molecule has 1 aromatic rings. The predicted octanol–water partition coefficient (Wildman–Crippen LogP) is 2.92. The molecule has 5 heteroatoms. The van der Waals surface area contributed by atoms with Gasteiger partial charge in [0.2, 0.25) is 0 Å². The van der Waals surface area contributed by atoms with Crippen molar-refractivity contribution in [3.8, 4) is 5.75 Å². The average molecular weight is 277 g/mol. The number of amides is 1. The molecular weight excluding hydrogens is 264 g/mol. The van der Waals surface area contributed by atoms with E-state index < -0.39 is 5.91 Å². The molecule has 4 nitrogen and oxygen atoms in total. The first-order valence-corrected chi connectivity index (χ1v) is 6.11. The largest absolute Gasteiger partial charge is 0.456 e. The van der Waals surface area contributed by atoms with Gasteiger partial charge in [0.15, 0.2) is 0 Å². The Morgan fingerprint density at radius 2 is 2.26 bits per heavy atom. The minimum Gasteiger partial charge on any atom is -0.456 e. The fourth-order valence-electron chi connectivity index (χ4n) is 1.54. The lowest BCUT2D eigenvalue weighted by atomic mass is 10.2. The Kier molecular flexibility index (Phi) is 4.02. The van der Waals surface area contributed by atoms with Crippen LogP contribution in [0.4, 0.5) is 0 Å². The number of carbonyl (C=O) groups is 1. The minimum absolute atomic E-state index is 0.154. The molecule has 1 amide bonds. The molecule has 0 radical (unpaired) electrons. The Bertz CT molecular complexity index is 603. The summed E-state index contributed by atoms with van der Waals surface area (Å²) in [5.41, 5.74) is 6.44. The second kappa shape index (κ2) is 5.71. The van der Waals surface area contributed by atoms with Crippen molar-refractivity contribution in [2.75, 3.05) is 0 Å². The number of nitrogens with two attached hydrogens (primary N) is 1. The highest BCUT2D eigenvalue weighted by Gasteiger charge is 2.09. The molecule has 2 rings (SSSR count). The molecule has 0 aromatic carbocycles. The summed E-state index contributed by atoms with van der Waals surface area (Å²) in [6, 6.07) is 3.13. The topological polar surface area (TPSA) is 65.2 Å². The summed E-state index contributed by atoms with van der Waals surface area (Å²) in [5.74, 6) is 0.428. The Hall–Kier alpha value is -2.07. The van der Waals surface area contributed by atoms with Gasteiger partial charge in [0.1, 0.15) is 17.2 Å². The summed E-state index contributed by atoms with van der Waals surface area (Å²) in [7, 11) is 0. The molecule has 1 aliphatic rings. The van der Waals surface area contributed by atoms with Crippen LogP contribution < -0.4 is 10.5 Å². The van der Waals surface area contributed by atoms with E-state index in [4.69, 9.17) is 22.1 Å². The third-order valence-corrected chi connectivity index (χ3v) is 2.92. The molecule has 0 saturated heterocycles. The molecule has 0 aliphatic heterocycles. The fourth-order valence-corrected chi connectivity index (χ4v) is 1.72. The molecule has 19 heavy (non-hydrogen) atoms. The van der Waals surface area contributed by atoms with E-state index in [9.17, 15) is 4.79 Å². The maximum atomic E-state index is 11.1. The Labute approximate surface area is 116 Å². The smallest absolute Gasteiger partial charge is 0.267 e. The zero-order valence-corrected chi connectivity index (χ0v) is 11.1. The lowest BCUT2D eigenvalue weighted by molar-refractivity contribution is 0.0995. The first-order chi connectivity index (χ1) is 9.06. The monoisotopic (exact) mass is 276 g/mol. The SMILES string of the molecule is CC1=CCC(Cl)=C(Oc2ccnc(C(N)=O)c2)C=C1. The van der Waals surface area contributed by atoms with Crippen LogP contribution in [0, 0.1) is 0 Å². The lowest BCUT2D eigenvalue weighted by Gasteiger charge is -2.08. The number of primary amides is 1. The van der Waals surface area contributed by atoms with Crippen LogP contribution in [-0.4, -0.2) is 10.9 Å². The van der Waals surface area contributed by atoms with Crippen molar-refractivity contribution in [2.24, 2.45) is 5.73 Å². The van der Waals surface area contributed by atoms with Crippen molar-refractivity contribution in [3.05, 3.63) is 58.6 Å². The summed E-state index contributed by atoms with van der Waals surface area (Å²) >= 11 is 6.16. The number of carbonyl (C=O) groups excluding carboxylic acids is 1.